The van der Waals surface area contributed by atoms with Crippen LogP contribution in [0.4, 0.5) is 4.39 Å². The lowest BCUT2D eigenvalue weighted by molar-refractivity contribution is 0.596. The highest BCUT2D eigenvalue weighted by Gasteiger charge is 2.13. The maximum atomic E-state index is 13.4. The van der Waals surface area contributed by atoms with Crippen LogP contribution in [-0.4, -0.2) is 11.5 Å². The number of halogens is 1. The van der Waals surface area contributed by atoms with Crippen LogP contribution >= 0.6 is 0 Å². The van der Waals surface area contributed by atoms with Gasteiger partial charge in [0.25, 0.3) is 0 Å². The summed E-state index contributed by atoms with van der Waals surface area (Å²) in [5, 5.41) is 3.39. The maximum Gasteiger partial charge on any atom is 0.141 e. The molecule has 0 aliphatic carbocycles. The molecule has 0 saturated carbocycles. The van der Waals surface area contributed by atoms with Crippen molar-refractivity contribution in [1.29, 1.82) is 0 Å². The van der Waals surface area contributed by atoms with Gasteiger partial charge in [-0.05, 0) is 35.7 Å². The lowest BCUT2D eigenvalue weighted by Gasteiger charge is -2.19. The van der Waals surface area contributed by atoms with Crippen molar-refractivity contribution in [3.63, 3.8) is 0 Å². The summed E-state index contributed by atoms with van der Waals surface area (Å²) in [7, 11) is 0. The Labute approximate surface area is 120 Å². The molecule has 1 atom stereocenters. The van der Waals surface area contributed by atoms with Gasteiger partial charge in [0.15, 0.2) is 0 Å². The standard InChI is InChI=1S/C17H21FN2/c1-3-5-13-6-8-14(9-7-13)17(20-4-2)15-10-16(18)12-19-11-15/h6-12,17,20H,3-5H2,1-2H3. The number of nitrogens with zero attached hydrogens (tertiary/aromatic N) is 1. The summed E-state index contributed by atoms with van der Waals surface area (Å²) in [4.78, 5) is 3.94. The van der Waals surface area contributed by atoms with Crippen LogP contribution in [0.5, 0.6) is 0 Å². The second kappa shape index (κ2) is 7.15. The lowest BCUT2D eigenvalue weighted by Crippen LogP contribution is -2.22. The van der Waals surface area contributed by atoms with E-state index in [1.807, 2.05) is 6.92 Å². The van der Waals surface area contributed by atoms with E-state index in [2.05, 4.69) is 41.5 Å². The first-order chi connectivity index (χ1) is 9.74. The topological polar surface area (TPSA) is 24.9 Å². The van der Waals surface area contributed by atoms with Gasteiger partial charge in [-0.15, -0.1) is 0 Å². The fourth-order valence-electron chi connectivity index (χ4n) is 2.38. The molecule has 1 aromatic carbocycles. The van der Waals surface area contributed by atoms with E-state index >= 15 is 0 Å². The molecular weight excluding hydrogens is 251 g/mol. The van der Waals surface area contributed by atoms with Gasteiger partial charge in [-0.25, -0.2) is 4.39 Å². The van der Waals surface area contributed by atoms with Gasteiger partial charge in [0.05, 0.1) is 12.2 Å². The van der Waals surface area contributed by atoms with Gasteiger partial charge in [-0.2, -0.15) is 0 Å². The quantitative estimate of drug-likeness (QED) is 0.863. The van der Waals surface area contributed by atoms with Gasteiger partial charge >= 0.3 is 0 Å². The average molecular weight is 272 g/mol. The van der Waals surface area contributed by atoms with Crippen LogP contribution in [0.2, 0.25) is 0 Å². The summed E-state index contributed by atoms with van der Waals surface area (Å²) in [5.74, 6) is -0.298. The molecule has 0 saturated heterocycles. The Kier molecular flexibility index (Phi) is 5.24. The third-order valence-electron chi connectivity index (χ3n) is 3.32. The molecule has 1 aromatic heterocycles. The number of aromatic nitrogens is 1. The monoisotopic (exact) mass is 272 g/mol. The summed E-state index contributed by atoms with van der Waals surface area (Å²) < 4.78 is 13.4. The lowest BCUT2D eigenvalue weighted by atomic mass is 9.98. The molecule has 0 radical (unpaired) electrons. The van der Waals surface area contributed by atoms with E-state index in [0.717, 1.165) is 30.5 Å². The summed E-state index contributed by atoms with van der Waals surface area (Å²) in [6.07, 6.45) is 5.19. The van der Waals surface area contributed by atoms with Gasteiger partial charge < -0.3 is 5.32 Å². The van der Waals surface area contributed by atoms with Crippen LogP contribution in [0.25, 0.3) is 0 Å². The van der Waals surface area contributed by atoms with E-state index in [0.29, 0.717) is 0 Å². The minimum Gasteiger partial charge on any atom is -0.306 e. The average Bonchev–Trinajstić information content (AvgIpc) is 2.46. The molecule has 2 rings (SSSR count). The number of hydrogen-bond acceptors (Lipinski definition) is 2. The number of pyridine rings is 1. The van der Waals surface area contributed by atoms with Crippen LogP contribution in [-0.2, 0) is 6.42 Å². The molecule has 0 fully saturated rings. The van der Waals surface area contributed by atoms with Crippen LogP contribution in [0.15, 0.2) is 42.7 Å². The summed E-state index contributed by atoms with van der Waals surface area (Å²) in [6, 6.07) is 10.1. The maximum absolute atomic E-state index is 13.4. The van der Waals surface area contributed by atoms with Gasteiger partial charge in [0.1, 0.15) is 5.82 Å². The fraction of sp³-hybridized carbons (Fsp3) is 0.353. The highest BCUT2D eigenvalue weighted by molar-refractivity contribution is 5.32. The minimum absolute atomic E-state index is 0.0149. The number of aryl methyl sites for hydroxylation is 1. The van der Waals surface area contributed by atoms with Gasteiger partial charge in [-0.1, -0.05) is 44.5 Å². The molecule has 0 aliphatic heterocycles. The Balaban J connectivity index is 2.28. The van der Waals surface area contributed by atoms with Crippen LogP contribution in [0.1, 0.15) is 43.0 Å². The number of rotatable bonds is 6. The van der Waals surface area contributed by atoms with Gasteiger partial charge in [0, 0.05) is 6.20 Å². The molecule has 1 unspecified atom stereocenters. The first kappa shape index (κ1) is 14.7. The summed E-state index contributed by atoms with van der Waals surface area (Å²) in [6.45, 7) is 5.04. The first-order valence-corrected chi connectivity index (χ1v) is 7.17. The Hall–Kier alpha value is -1.74. The van der Waals surface area contributed by atoms with E-state index in [9.17, 15) is 4.39 Å². The Bertz CT molecular complexity index is 537. The number of hydrogen-bond donors (Lipinski definition) is 1. The van der Waals surface area contributed by atoms with Crippen LogP contribution < -0.4 is 5.32 Å². The Morgan fingerprint density at radius 2 is 1.85 bits per heavy atom. The zero-order valence-corrected chi connectivity index (χ0v) is 12.1. The highest BCUT2D eigenvalue weighted by Crippen LogP contribution is 2.22. The third kappa shape index (κ3) is 3.64. The minimum atomic E-state index is -0.298. The van der Waals surface area contributed by atoms with Crippen molar-refractivity contribution < 1.29 is 4.39 Å². The van der Waals surface area contributed by atoms with Crippen molar-refractivity contribution in [2.24, 2.45) is 0 Å². The molecule has 20 heavy (non-hydrogen) atoms. The Morgan fingerprint density at radius 1 is 1.10 bits per heavy atom. The highest BCUT2D eigenvalue weighted by atomic mass is 19.1. The van der Waals surface area contributed by atoms with Crippen molar-refractivity contribution >= 4 is 0 Å². The molecule has 3 heteroatoms. The number of nitrogens with one attached hydrogen (secondary N) is 1. The molecule has 1 heterocycles. The summed E-state index contributed by atoms with van der Waals surface area (Å²) in [5.41, 5.74) is 3.33. The van der Waals surface area contributed by atoms with E-state index in [-0.39, 0.29) is 11.9 Å². The van der Waals surface area contributed by atoms with Crippen LogP contribution in [0, 0.1) is 5.82 Å². The second-order valence-corrected chi connectivity index (χ2v) is 4.92. The van der Waals surface area contributed by atoms with Gasteiger partial charge in [-0.3, -0.25) is 4.98 Å². The van der Waals surface area contributed by atoms with Crippen molar-refractivity contribution in [2.75, 3.05) is 6.54 Å². The molecule has 1 N–H and O–H groups in total. The smallest absolute Gasteiger partial charge is 0.141 e. The largest absolute Gasteiger partial charge is 0.306 e. The first-order valence-electron chi connectivity index (χ1n) is 7.17. The number of benzene rings is 1. The molecule has 0 bridgehead atoms. The fourth-order valence-corrected chi connectivity index (χ4v) is 2.38. The molecule has 2 aromatic rings. The normalized spacial score (nSPS) is 12.3. The van der Waals surface area contributed by atoms with Crippen molar-refractivity contribution in [3.05, 3.63) is 65.2 Å². The SMILES string of the molecule is CCCc1ccc(C(NCC)c2cncc(F)c2)cc1. The van der Waals surface area contributed by atoms with E-state index in [1.165, 1.54) is 11.8 Å². The summed E-state index contributed by atoms with van der Waals surface area (Å²) >= 11 is 0. The molecule has 0 spiro atoms. The van der Waals surface area contributed by atoms with E-state index in [1.54, 1.807) is 12.3 Å². The molecule has 106 valence electrons. The van der Waals surface area contributed by atoms with E-state index in [4.69, 9.17) is 0 Å². The molecular formula is C17H21FN2. The third-order valence-corrected chi connectivity index (χ3v) is 3.32. The van der Waals surface area contributed by atoms with Crippen LogP contribution in [0.3, 0.4) is 0 Å². The van der Waals surface area contributed by atoms with Gasteiger partial charge in [0.2, 0.25) is 0 Å². The molecule has 0 aliphatic rings. The molecule has 0 amide bonds. The second-order valence-electron chi connectivity index (χ2n) is 4.92. The predicted octanol–water partition coefficient (Wildman–Crippen LogP) is 3.87. The Morgan fingerprint density at radius 3 is 2.45 bits per heavy atom. The van der Waals surface area contributed by atoms with Crippen molar-refractivity contribution in [2.45, 2.75) is 32.7 Å². The zero-order valence-electron chi connectivity index (χ0n) is 12.1. The molecule has 2 nitrogen and oxygen atoms in total. The predicted molar refractivity (Wildman–Crippen MR) is 80.2 cm³/mol. The van der Waals surface area contributed by atoms with Crippen molar-refractivity contribution in [3.8, 4) is 0 Å². The van der Waals surface area contributed by atoms with Crippen molar-refractivity contribution in [1.82, 2.24) is 10.3 Å². The zero-order chi connectivity index (χ0) is 14.4. The van der Waals surface area contributed by atoms with E-state index < -0.39 is 0 Å².